The molecule has 0 saturated carbocycles. The molecule has 1 fully saturated rings. The summed E-state index contributed by atoms with van der Waals surface area (Å²) in [4.78, 5) is 12.8. The van der Waals surface area contributed by atoms with Crippen molar-refractivity contribution in [3.63, 3.8) is 0 Å². The third kappa shape index (κ3) is 6.19. The van der Waals surface area contributed by atoms with Gasteiger partial charge in [0.15, 0.2) is 4.34 Å². The molecule has 4 rings (SSSR count). The Morgan fingerprint density at radius 1 is 1.11 bits per heavy atom. The predicted molar refractivity (Wildman–Crippen MR) is 139 cm³/mol. The summed E-state index contributed by atoms with van der Waals surface area (Å²) < 4.78 is 33.7. The van der Waals surface area contributed by atoms with E-state index in [1.807, 2.05) is 39.0 Å². The average Bonchev–Trinajstić information content (AvgIpc) is 3.30. The second-order valence-corrected chi connectivity index (χ2v) is 12.2. The summed E-state index contributed by atoms with van der Waals surface area (Å²) in [6.07, 6.45) is 0. The Labute approximate surface area is 213 Å². The molecule has 0 radical (unpaired) electrons. The maximum absolute atomic E-state index is 13.2. The molecule has 0 aliphatic carbocycles. The van der Waals surface area contributed by atoms with Gasteiger partial charge in [-0.1, -0.05) is 41.3 Å². The molecule has 9 nitrogen and oxygen atoms in total. The minimum absolute atomic E-state index is 0.0724. The Balaban J connectivity index is 1.40. The van der Waals surface area contributed by atoms with Crippen molar-refractivity contribution in [2.24, 2.45) is 0 Å². The molecule has 12 heteroatoms. The summed E-state index contributed by atoms with van der Waals surface area (Å²) in [5, 5.41) is 15.0. The molecule has 1 amide bonds. The molecule has 1 saturated heterocycles. The van der Waals surface area contributed by atoms with Gasteiger partial charge in [0.1, 0.15) is 4.90 Å². The maximum atomic E-state index is 13.2. The van der Waals surface area contributed by atoms with E-state index in [1.54, 1.807) is 18.2 Å². The van der Waals surface area contributed by atoms with E-state index in [-0.39, 0.29) is 35.3 Å². The zero-order valence-corrected chi connectivity index (χ0v) is 22.1. The highest BCUT2D eigenvalue weighted by Crippen LogP contribution is 2.30. The van der Waals surface area contributed by atoms with Crippen LogP contribution in [0, 0.1) is 20.8 Å². The van der Waals surface area contributed by atoms with E-state index in [0.717, 1.165) is 16.8 Å². The molecule has 35 heavy (non-hydrogen) atoms. The number of carbonyl (C=O) groups excluding carboxylic acids is 1. The van der Waals surface area contributed by atoms with Crippen LogP contribution in [0.4, 0.5) is 16.5 Å². The van der Waals surface area contributed by atoms with E-state index >= 15 is 0 Å². The lowest BCUT2D eigenvalue weighted by atomic mass is 10.1. The molecule has 0 unspecified atom stereocenters. The number of amides is 1. The predicted octanol–water partition coefficient (Wildman–Crippen LogP) is 3.96. The van der Waals surface area contributed by atoms with Gasteiger partial charge in [-0.15, -0.1) is 10.2 Å². The number of sulfonamides is 1. The highest BCUT2D eigenvalue weighted by molar-refractivity contribution is 8.01. The number of aromatic nitrogens is 2. The van der Waals surface area contributed by atoms with E-state index in [9.17, 15) is 13.2 Å². The number of morpholine rings is 1. The first-order chi connectivity index (χ1) is 16.7. The van der Waals surface area contributed by atoms with Crippen molar-refractivity contribution in [1.29, 1.82) is 0 Å². The number of ether oxygens (including phenoxy) is 1. The number of hydrogen-bond donors (Lipinski definition) is 2. The highest BCUT2D eigenvalue weighted by atomic mass is 32.2. The van der Waals surface area contributed by atoms with Crippen LogP contribution in [0.5, 0.6) is 0 Å². The number of thioether (sulfide) groups is 1. The van der Waals surface area contributed by atoms with Gasteiger partial charge in [0.05, 0.1) is 24.7 Å². The number of rotatable bonds is 8. The van der Waals surface area contributed by atoms with E-state index in [4.69, 9.17) is 4.74 Å². The molecule has 3 aromatic rings. The fourth-order valence-electron chi connectivity index (χ4n) is 3.51. The summed E-state index contributed by atoms with van der Waals surface area (Å²) >= 11 is 2.60. The smallest absolute Gasteiger partial charge is 0.245 e. The molecular weight excluding hydrogens is 506 g/mol. The van der Waals surface area contributed by atoms with Crippen molar-refractivity contribution >= 4 is 55.5 Å². The van der Waals surface area contributed by atoms with Crippen LogP contribution < -0.4 is 10.6 Å². The van der Waals surface area contributed by atoms with Gasteiger partial charge in [-0.3, -0.25) is 4.79 Å². The summed E-state index contributed by atoms with van der Waals surface area (Å²) in [5.41, 5.74) is 4.34. The molecule has 2 aromatic carbocycles. The minimum Gasteiger partial charge on any atom is -0.379 e. The summed E-state index contributed by atoms with van der Waals surface area (Å²) in [7, 11) is -3.76. The number of hydrogen-bond acceptors (Lipinski definition) is 9. The van der Waals surface area contributed by atoms with E-state index in [1.165, 1.54) is 33.0 Å². The highest BCUT2D eigenvalue weighted by Gasteiger charge is 2.29. The molecular formula is C23H27N5O4S3. The van der Waals surface area contributed by atoms with Gasteiger partial charge in [-0.05, 0) is 55.7 Å². The number of carbonyl (C=O) groups is 1. The van der Waals surface area contributed by atoms with Gasteiger partial charge in [0, 0.05) is 18.8 Å². The molecule has 186 valence electrons. The zero-order chi connectivity index (χ0) is 25.0. The second kappa shape index (κ2) is 11.0. The van der Waals surface area contributed by atoms with Crippen LogP contribution in [0.2, 0.25) is 0 Å². The second-order valence-electron chi connectivity index (χ2n) is 8.10. The van der Waals surface area contributed by atoms with Crippen molar-refractivity contribution in [2.45, 2.75) is 30.0 Å². The largest absolute Gasteiger partial charge is 0.379 e. The summed E-state index contributed by atoms with van der Waals surface area (Å²) in [6, 6.07) is 11.0. The van der Waals surface area contributed by atoms with Gasteiger partial charge in [-0.25, -0.2) is 8.42 Å². The Morgan fingerprint density at radius 3 is 2.66 bits per heavy atom. The van der Waals surface area contributed by atoms with Crippen LogP contribution in [0.3, 0.4) is 0 Å². The quantitative estimate of drug-likeness (QED) is 0.419. The molecule has 2 heterocycles. The van der Waals surface area contributed by atoms with E-state index in [2.05, 4.69) is 20.8 Å². The normalized spacial score (nSPS) is 14.6. The fraction of sp³-hybridized carbons (Fsp3) is 0.348. The lowest BCUT2D eigenvalue weighted by Gasteiger charge is -2.27. The first-order valence-corrected chi connectivity index (χ1v) is 14.3. The Kier molecular flexibility index (Phi) is 8.07. The van der Waals surface area contributed by atoms with Crippen LogP contribution in [-0.4, -0.2) is 60.9 Å². The molecule has 2 N–H and O–H groups in total. The van der Waals surface area contributed by atoms with Crippen LogP contribution in [-0.2, 0) is 19.6 Å². The third-order valence-corrected chi connectivity index (χ3v) is 9.49. The number of anilines is 3. The average molecular weight is 534 g/mol. The van der Waals surface area contributed by atoms with Gasteiger partial charge < -0.3 is 15.4 Å². The number of nitrogens with zero attached hydrogens (tertiary/aromatic N) is 3. The zero-order valence-electron chi connectivity index (χ0n) is 19.7. The molecule has 0 bridgehead atoms. The maximum Gasteiger partial charge on any atom is 0.245 e. The van der Waals surface area contributed by atoms with E-state index in [0.29, 0.717) is 22.7 Å². The molecule has 1 aromatic heterocycles. The molecule has 1 aliphatic heterocycles. The van der Waals surface area contributed by atoms with Crippen molar-refractivity contribution in [1.82, 2.24) is 14.5 Å². The number of nitrogens with one attached hydrogen (secondary N) is 2. The Bertz CT molecular complexity index is 1320. The number of aryl methyl sites for hydroxylation is 2. The molecule has 0 atom stereocenters. The van der Waals surface area contributed by atoms with Gasteiger partial charge in [0.2, 0.25) is 21.1 Å². The first kappa shape index (κ1) is 25.6. The molecule has 0 spiro atoms. The minimum atomic E-state index is -3.76. The summed E-state index contributed by atoms with van der Waals surface area (Å²) in [5.74, 6) is -0.250. The Morgan fingerprint density at radius 2 is 1.89 bits per heavy atom. The van der Waals surface area contributed by atoms with Crippen molar-refractivity contribution < 1.29 is 17.9 Å². The van der Waals surface area contributed by atoms with Crippen LogP contribution >= 0.6 is 23.1 Å². The SMILES string of the molecule is Cc1ccc(NC(=O)CSc2nnc(Nc3cccc(C)c3C)s2)c(S(=O)(=O)N2CCOCC2)c1. The monoisotopic (exact) mass is 533 g/mol. The topological polar surface area (TPSA) is 114 Å². The molecule has 1 aliphatic rings. The standard InChI is InChI=1S/C23H27N5O4S3/c1-15-7-8-19(20(13-15)35(30,31)28-9-11-32-12-10-28)24-21(29)14-33-23-27-26-22(34-23)25-18-6-4-5-16(2)17(18)3/h4-8,13H,9-12,14H2,1-3H3,(H,24,29)(H,25,26). The Hall–Kier alpha value is -2.51. The van der Waals surface area contributed by atoms with Crippen molar-refractivity contribution in [2.75, 3.05) is 42.7 Å². The lowest BCUT2D eigenvalue weighted by molar-refractivity contribution is -0.113. The number of benzene rings is 2. The van der Waals surface area contributed by atoms with Gasteiger partial charge in [0.25, 0.3) is 0 Å². The van der Waals surface area contributed by atoms with Crippen LogP contribution in [0.1, 0.15) is 16.7 Å². The van der Waals surface area contributed by atoms with Crippen molar-refractivity contribution in [3.05, 3.63) is 53.1 Å². The third-order valence-electron chi connectivity index (χ3n) is 5.58. The van der Waals surface area contributed by atoms with Gasteiger partial charge >= 0.3 is 0 Å². The summed E-state index contributed by atoms with van der Waals surface area (Å²) in [6.45, 7) is 7.18. The van der Waals surface area contributed by atoms with Crippen molar-refractivity contribution in [3.8, 4) is 0 Å². The lowest BCUT2D eigenvalue weighted by Crippen LogP contribution is -2.41. The van der Waals surface area contributed by atoms with Gasteiger partial charge in [-0.2, -0.15) is 4.31 Å². The van der Waals surface area contributed by atoms with Crippen LogP contribution in [0.25, 0.3) is 0 Å². The fourth-order valence-corrected chi connectivity index (χ4v) is 6.71. The van der Waals surface area contributed by atoms with Crippen LogP contribution in [0.15, 0.2) is 45.6 Å². The first-order valence-electron chi connectivity index (χ1n) is 11.0. The van der Waals surface area contributed by atoms with E-state index < -0.39 is 10.0 Å².